The number of halogens is 1. The summed E-state index contributed by atoms with van der Waals surface area (Å²) in [4.78, 5) is 11.7. The first-order valence-corrected chi connectivity index (χ1v) is 7.20. The topological polar surface area (TPSA) is 34.0 Å². The zero-order valence-corrected chi connectivity index (χ0v) is 12.5. The maximum Gasteiger partial charge on any atom is 0.250 e. The summed E-state index contributed by atoms with van der Waals surface area (Å²) in [6, 6.07) is 11.3. The average Bonchev–Trinajstić information content (AvgIpc) is 2.43. The van der Waals surface area contributed by atoms with E-state index in [1.807, 2.05) is 36.5 Å². The summed E-state index contributed by atoms with van der Waals surface area (Å²) in [7, 11) is 0. The Bertz CT molecular complexity index is 619. The molecule has 0 amide bonds. The minimum atomic E-state index is 0.0385. The van der Waals surface area contributed by atoms with E-state index in [1.54, 1.807) is 10.6 Å². The Morgan fingerprint density at radius 1 is 1.20 bits per heavy atom. The first-order valence-electron chi connectivity index (χ1n) is 6.82. The fraction of sp³-hybridized carbons (Fsp3) is 0.312. The fourth-order valence-electron chi connectivity index (χ4n) is 2.12. The van der Waals surface area contributed by atoms with Gasteiger partial charge < -0.3 is 9.88 Å². The van der Waals surface area contributed by atoms with E-state index in [-0.39, 0.29) is 11.6 Å². The van der Waals surface area contributed by atoms with Crippen molar-refractivity contribution in [1.82, 2.24) is 4.57 Å². The van der Waals surface area contributed by atoms with Crippen molar-refractivity contribution in [2.75, 3.05) is 5.32 Å². The van der Waals surface area contributed by atoms with Gasteiger partial charge in [0.15, 0.2) is 0 Å². The van der Waals surface area contributed by atoms with Crippen molar-refractivity contribution < 1.29 is 0 Å². The van der Waals surface area contributed by atoms with E-state index < -0.39 is 0 Å². The molecule has 20 heavy (non-hydrogen) atoms. The SMILES string of the molecule is CCCn1cc(NC(C)c2ccc(Cl)cc2)ccc1=O. The normalized spacial score (nSPS) is 12.2. The summed E-state index contributed by atoms with van der Waals surface area (Å²) in [5.74, 6) is 0. The summed E-state index contributed by atoms with van der Waals surface area (Å²) in [6.07, 6.45) is 2.81. The number of rotatable bonds is 5. The van der Waals surface area contributed by atoms with Crippen LogP contribution in [-0.4, -0.2) is 4.57 Å². The van der Waals surface area contributed by atoms with Gasteiger partial charge in [0.25, 0.3) is 5.56 Å². The molecule has 0 aliphatic carbocycles. The van der Waals surface area contributed by atoms with Crippen LogP contribution < -0.4 is 10.9 Å². The lowest BCUT2D eigenvalue weighted by molar-refractivity contribution is 0.654. The van der Waals surface area contributed by atoms with Crippen molar-refractivity contribution in [2.24, 2.45) is 0 Å². The van der Waals surface area contributed by atoms with Crippen molar-refractivity contribution in [3.63, 3.8) is 0 Å². The van der Waals surface area contributed by atoms with E-state index in [1.165, 1.54) is 0 Å². The van der Waals surface area contributed by atoms with Gasteiger partial charge in [0.1, 0.15) is 0 Å². The van der Waals surface area contributed by atoms with E-state index in [0.717, 1.165) is 29.2 Å². The van der Waals surface area contributed by atoms with Gasteiger partial charge in [0, 0.05) is 29.9 Å². The second-order valence-electron chi connectivity index (χ2n) is 4.87. The zero-order chi connectivity index (χ0) is 14.5. The lowest BCUT2D eigenvalue weighted by Gasteiger charge is -2.16. The highest BCUT2D eigenvalue weighted by Crippen LogP contribution is 2.20. The standard InChI is InChI=1S/C16H19ClN2O/c1-3-10-19-11-15(8-9-16(19)20)18-12(2)13-4-6-14(17)7-5-13/h4-9,11-12,18H,3,10H2,1-2H3. The quantitative estimate of drug-likeness (QED) is 0.900. The van der Waals surface area contributed by atoms with E-state index in [0.29, 0.717) is 0 Å². The van der Waals surface area contributed by atoms with Gasteiger partial charge in [-0.05, 0) is 37.1 Å². The Morgan fingerprint density at radius 2 is 1.90 bits per heavy atom. The molecule has 1 heterocycles. The number of hydrogen-bond donors (Lipinski definition) is 1. The van der Waals surface area contributed by atoms with Gasteiger partial charge in [-0.2, -0.15) is 0 Å². The molecular weight excluding hydrogens is 272 g/mol. The van der Waals surface area contributed by atoms with Crippen LogP contribution in [-0.2, 0) is 6.54 Å². The van der Waals surface area contributed by atoms with Gasteiger partial charge in [0.2, 0.25) is 0 Å². The predicted molar refractivity (Wildman–Crippen MR) is 84.5 cm³/mol. The van der Waals surface area contributed by atoms with Crippen LogP contribution in [0, 0.1) is 0 Å². The van der Waals surface area contributed by atoms with Crippen LogP contribution in [0.4, 0.5) is 5.69 Å². The Hall–Kier alpha value is -1.74. The molecule has 1 aromatic carbocycles. The van der Waals surface area contributed by atoms with Crippen LogP contribution in [0.2, 0.25) is 5.02 Å². The minimum Gasteiger partial charge on any atom is -0.377 e. The smallest absolute Gasteiger partial charge is 0.250 e. The number of pyridine rings is 1. The number of nitrogens with zero attached hydrogens (tertiary/aromatic N) is 1. The first-order chi connectivity index (χ1) is 9.60. The second kappa shape index (κ2) is 6.62. The molecule has 0 spiro atoms. The summed E-state index contributed by atoms with van der Waals surface area (Å²) in [5, 5.41) is 4.13. The number of aryl methyl sites for hydroxylation is 1. The molecular formula is C16H19ClN2O. The lowest BCUT2D eigenvalue weighted by atomic mass is 10.1. The molecule has 3 nitrogen and oxygen atoms in total. The minimum absolute atomic E-state index is 0.0385. The molecule has 0 saturated heterocycles. The van der Waals surface area contributed by atoms with Gasteiger partial charge in [0.05, 0.1) is 5.69 Å². The highest BCUT2D eigenvalue weighted by atomic mass is 35.5. The van der Waals surface area contributed by atoms with Crippen LogP contribution in [0.3, 0.4) is 0 Å². The number of benzene rings is 1. The molecule has 1 atom stereocenters. The third kappa shape index (κ3) is 3.64. The van der Waals surface area contributed by atoms with E-state index >= 15 is 0 Å². The Labute approximate surface area is 124 Å². The highest BCUT2D eigenvalue weighted by Gasteiger charge is 2.06. The summed E-state index contributed by atoms with van der Waals surface area (Å²) >= 11 is 5.89. The molecule has 1 N–H and O–H groups in total. The Balaban J connectivity index is 2.15. The van der Waals surface area contributed by atoms with Crippen LogP contribution >= 0.6 is 11.6 Å². The largest absolute Gasteiger partial charge is 0.377 e. The van der Waals surface area contributed by atoms with Gasteiger partial charge >= 0.3 is 0 Å². The average molecular weight is 291 g/mol. The second-order valence-corrected chi connectivity index (χ2v) is 5.30. The highest BCUT2D eigenvalue weighted by molar-refractivity contribution is 6.30. The molecule has 0 fully saturated rings. The van der Waals surface area contributed by atoms with Crippen molar-refractivity contribution in [2.45, 2.75) is 32.9 Å². The van der Waals surface area contributed by atoms with Crippen LogP contribution in [0.5, 0.6) is 0 Å². The third-order valence-electron chi connectivity index (χ3n) is 3.20. The van der Waals surface area contributed by atoms with Crippen LogP contribution in [0.25, 0.3) is 0 Å². The van der Waals surface area contributed by atoms with Crippen molar-refractivity contribution >= 4 is 17.3 Å². The van der Waals surface area contributed by atoms with Crippen molar-refractivity contribution in [1.29, 1.82) is 0 Å². The number of anilines is 1. The van der Waals surface area contributed by atoms with Crippen molar-refractivity contribution in [3.05, 3.63) is 63.5 Å². The van der Waals surface area contributed by atoms with E-state index in [4.69, 9.17) is 11.6 Å². The molecule has 0 radical (unpaired) electrons. The monoisotopic (exact) mass is 290 g/mol. The summed E-state index contributed by atoms with van der Waals surface area (Å²) in [5.41, 5.74) is 2.14. The maximum atomic E-state index is 11.7. The first kappa shape index (κ1) is 14.7. The van der Waals surface area contributed by atoms with E-state index in [2.05, 4.69) is 19.2 Å². The molecule has 4 heteroatoms. The van der Waals surface area contributed by atoms with Crippen molar-refractivity contribution in [3.8, 4) is 0 Å². The lowest BCUT2D eigenvalue weighted by Crippen LogP contribution is -2.19. The Kier molecular flexibility index (Phi) is 4.85. The Morgan fingerprint density at radius 3 is 2.55 bits per heavy atom. The molecule has 0 bridgehead atoms. The maximum absolute atomic E-state index is 11.7. The third-order valence-corrected chi connectivity index (χ3v) is 3.45. The summed E-state index contributed by atoms with van der Waals surface area (Å²) in [6.45, 7) is 4.88. The van der Waals surface area contributed by atoms with Crippen LogP contribution in [0.15, 0.2) is 47.4 Å². The molecule has 2 aromatic rings. The summed E-state index contributed by atoms with van der Waals surface area (Å²) < 4.78 is 1.73. The van der Waals surface area contributed by atoms with Crippen LogP contribution in [0.1, 0.15) is 31.9 Å². The molecule has 106 valence electrons. The van der Waals surface area contributed by atoms with Gasteiger partial charge in [-0.15, -0.1) is 0 Å². The number of aromatic nitrogens is 1. The molecule has 0 aliphatic rings. The fourth-order valence-corrected chi connectivity index (χ4v) is 2.24. The zero-order valence-electron chi connectivity index (χ0n) is 11.8. The van der Waals surface area contributed by atoms with E-state index in [9.17, 15) is 4.79 Å². The predicted octanol–water partition coefficient (Wildman–Crippen LogP) is 4.08. The van der Waals surface area contributed by atoms with Gasteiger partial charge in [-0.3, -0.25) is 4.79 Å². The molecule has 0 saturated carbocycles. The number of nitrogens with one attached hydrogen (secondary N) is 1. The molecule has 2 rings (SSSR count). The number of hydrogen-bond acceptors (Lipinski definition) is 2. The van der Waals surface area contributed by atoms with Gasteiger partial charge in [-0.25, -0.2) is 0 Å². The molecule has 1 unspecified atom stereocenters. The molecule has 0 aliphatic heterocycles. The van der Waals surface area contributed by atoms with Gasteiger partial charge in [-0.1, -0.05) is 30.7 Å². The molecule has 1 aromatic heterocycles.